The number of carbonyl (C=O) groups excluding carboxylic acids is 12. The third-order valence-electron chi connectivity index (χ3n) is 30.8. The summed E-state index contributed by atoms with van der Waals surface area (Å²) >= 11 is 0. The standard InChI is InChI=1S/C25H29N3O7.C25H28N2O7.C24H23N3O7.C24H27N3O7/c1-28(2)18-13-8-10-7-11-9-14-12(5-4-6-27-14)21(35-3)15(11)19(29)16(10)22(31)25(13,34)23(32)17(20(18)30)24(26)33;1-10(28)16-22(31)19(27(2)3)14-8-11-7-12-9-15-13(5-4-6-26-15)20(29)17(12)21(30)18(11)24(33)25(14,34)23(16)32;1-27(2)17-12-7-9-6-10-8-13-11(4-3-5-26-13)18(28)14(10)19(29)15(9)21(31)24(12,34)22(32)16(20(17)30)23(25)33;1-27(2)17-12-8-11-7-10-6-9-4-3-5-26-16(9)19(29)13(10)18(28)14(11)21(31)24(12,34)22(32)15(20(17)30)23(25)33/h9-10,13,18,27,29,32,34H,4-8H2,1-3H3,(H2,26,33);9,11,14,19,26,29-30,32,34H,4-8H2,1-3H3;3-5,8-9,12,17,28-29,32,34H,6-7H2,1-2H3,(H2,25,33);6,11-12,17,26,28-29,32,34H,3-5,7-8H2,1-2H3,(H2,25,33)/t10-,13-,18-,25-;11-,14-,19-,25+;9-,12-,17-,24-;11-,12-,17-,24-/m0000/s1. The zero-order chi connectivity index (χ0) is 99.5. The largest absolute Gasteiger partial charge is 0.508 e. The number of hydrogen-bond acceptors (Lipinski definition) is 36. The molecule has 4 heterocycles. The number of phenols is 3. The number of aromatic hydroxyl groups is 3. The maximum atomic E-state index is 13.9. The molecular formula is C98H107N11O28. The summed E-state index contributed by atoms with van der Waals surface area (Å²) in [5.41, 5.74) is 10.8. The zero-order valence-corrected chi connectivity index (χ0v) is 76.5. The molecule has 3 aliphatic heterocycles. The highest BCUT2D eigenvalue weighted by molar-refractivity contribution is 6.28. The third kappa shape index (κ3) is 13.6. The van der Waals surface area contributed by atoms with E-state index < -0.39 is 226 Å². The van der Waals surface area contributed by atoms with E-state index in [4.69, 9.17) is 21.9 Å². The number of hydrogen-bond donors (Lipinski definition) is 21. The third-order valence-corrected chi connectivity index (χ3v) is 30.8. The monoisotopic (exact) mass is 1890 g/mol. The fourth-order valence-electron chi connectivity index (χ4n) is 24.9. The lowest BCUT2D eigenvalue weighted by Gasteiger charge is -2.50. The number of methoxy groups -OCH3 is 1. The van der Waals surface area contributed by atoms with Crippen LogP contribution in [-0.4, -0.2) is 301 Å². The number of aliphatic hydroxyl groups is 12. The SMILES string of the molecule is CC(=O)C1=C(O)[C@@]2(O)C(=O)C3=C(O)c4c(cc5c(c4O)CCCN5)C[C@H]3C[C@H]2[C@H](N(C)C)C1=O.CN(C)[C@@H]1C(=O)C(C(N)=O)=C(O)[C@@]2(O)C(=O)C3=C(O)c4c(cc5c(c4O)NCCC5)C[C@H]3C[C@@H]12.CN(C)[C@@H]1C(=O)C(C(N)=O)=C(O)[C@@]2(O)C(=O)C3=C(O)c4c(cc5ncccc5c4O)C[C@H]3C[C@@H]12.COc1c2c(cc3c1C(O)=C1C(=O)[C@]4(O)C(O)=C(C(N)=O)C(=O)[C@@H](N(C)C)[C@@H]4C[C@@H]1C3)NCCC2. The van der Waals surface area contributed by atoms with Crippen molar-refractivity contribution < 1.29 is 139 Å². The van der Waals surface area contributed by atoms with Crippen LogP contribution >= 0.6 is 0 Å². The number of nitrogens with one attached hydrogen (secondary N) is 3. The number of phenolic OH excluding ortho intramolecular Hbond substituents is 3. The number of fused-ring (bicyclic) bond motifs is 16. The summed E-state index contributed by atoms with van der Waals surface area (Å²) in [7, 11) is 14.2. The van der Waals surface area contributed by atoms with Gasteiger partial charge in [-0.2, -0.15) is 0 Å². The van der Waals surface area contributed by atoms with Crippen LogP contribution in [0.5, 0.6) is 23.0 Å². The number of aryl methyl sites for hydroxylation is 1. The smallest absolute Gasteiger partial charge is 0.255 e. The molecule has 39 nitrogen and oxygen atoms in total. The van der Waals surface area contributed by atoms with Gasteiger partial charge in [0.05, 0.1) is 64.7 Å². The van der Waals surface area contributed by atoms with E-state index in [9.17, 15) is 134 Å². The number of aliphatic hydroxyl groups excluding tert-OH is 8. The lowest BCUT2D eigenvalue weighted by Crippen LogP contribution is -2.65. The maximum Gasteiger partial charge on any atom is 0.255 e. The van der Waals surface area contributed by atoms with Crippen molar-refractivity contribution in [1.82, 2.24) is 24.6 Å². The van der Waals surface area contributed by atoms with Crippen molar-refractivity contribution >= 4 is 121 Å². The Morgan fingerprint density at radius 1 is 0.409 bits per heavy atom. The van der Waals surface area contributed by atoms with Crippen molar-refractivity contribution in [3.8, 4) is 23.0 Å². The molecule has 4 saturated carbocycles. The molecule has 0 radical (unpaired) electrons. The van der Waals surface area contributed by atoms with Gasteiger partial charge in [-0.25, -0.2) is 0 Å². The quantitative estimate of drug-likeness (QED) is 0.0745. The number of nitrogens with zero attached hydrogens (tertiary/aromatic N) is 5. The number of aromatic nitrogens is 1. The van der Waals surface area contributed by atoms with Crippen molar-refractivity contribution in [2.75, 3.05) is 99.1 Å². The highest BCUT2D eigenvalue weighted by Crippen LogP contribution is 2.61. The average molecular weight is 1890 g/mol. The molecule has 137 heavy (non-hydrogen) atoms. The van der Waals surface area contributed by atoms with Gasteiger partial charge in [0.1, 0.15) is 91.4 Å². The van der Waals surface area contributed by atoms with Crippen LogP contribution in [0.3, 0.4) is 0 Å². The number of ether oxygens (including phenoxy) is 1. The molecule has 15 aliphatic rings. The second-order valence-electron chi connectivity index (χ2n) is 39.0. The van der Waals surface area contributed by atoms with Gasteiger partial charge in [-0.05, 0) is 235 Å². The molecule has 39 heteroatoms. The van der Waals surface area contributed by atoms with Gasteiger partial charge in [0.25, 0.3) is 17.7 Å². The van der Waals surface area contributed by atoms with Crippen LogP contribution in [0.4, 0.5) is 17.1 Å². The molecule has 4 aromatic carbocycles. The molecule has 4 fully saturated rings. The van der Waals surface area contributed by atoms with E-state index in [0.29, 0.717) is 82.4 Å². The molecule has 20 rings (SSSR count). The van der Waals surface area contributed by atoms with Crippen LogP contribution in [0.1, 0.15) is 113 Å². The van der Waals surface area contributed by atoms with E-state index in [0.717, 1.165) is 80.2 Å². The van der Waals surface area contributed by atoms with Gasteiger partial charge in [-0.3, -0.25) is 82.1 Å². The molecule has 3 amide bonds. The van der Waals surface area contributed by atoms with Crippen molar-refractivity contribution in [2.45, 2.75) is 143 Å². The van der Waals surface area contributed by atoms with Crippen LogP contribution in [0, 0.1) is 47.3 Å². The van der Waals surface area contributed by atoms with Crippen molar-refractivity contribution in [1.29, 1.82) is 0 Å². The number of amides is 3. The van der Waals surface area contributed by atoms with Gasteiger partial charge in [0, 0.05) is 99.7 Å². The lowest BCUT2D eigenvalue weighted by atomic mass is 9.57. The average Bonchev–Trinajstić information content (AvgIpc) is 0.707. The van der Waals surface area contributed by atoms with Crippen LogP contribution in [-0.2, 0) is 102 Å². The van der Waals surface area contributed by atoms with E-state index in [2.05, 4.69) is 20.9 Å². The number of pyridine rings is 1. The molecule has 0 saturated heterocycles. The fraction of sp³-hybridized carbons (Fsp3) is 0.439. The van der Waals surface area contributed by atoms with Crippen molar-refractivity contribution in [2.24, 2.45) is 64.5 Å². The molecule has 1 aromatic heterocycles. The highest BCUT2D eigenvalue weighted by Gasteiger charge is 2.70. The number of ketones is 9. The molecular weight excluding hydrogens is 1780 g/mol. The minimum Gasteiger partial charge on any atom is -0.508 e. The molecule has 722 valence electrons. The molecule has 0 unspecified atom stereocenters. The number of Topliss-reactive ketones (excluding diaryl/α,β-unsaturated/α-hetero) is 9. The normalized spacial score (nSPS) is 29.9. The minimum absolute atomic E-state index is 0.0412. The van der Waals surface area contributed by atoms with E-state index in [-0.39, 0.29) is 94.1 Å². The number of carbonyl (C=O) groups is 12. The number of benzene rings is 4. The Morgan fingerprint density at radius 2 is 0.730 bits per heavy atom. The van der Waals surface area contributed by atoms with E-state index in [1.165, 1.54) is 26.7 Å². The zero-order valence-electron chi connectivity index (χ0n) is 76.5. The second kappa shape index (κ2) is 33.7. The van der Waals surface area contributed by atoms with Gasteiger partial charge in [0.15, 0.2) is 51.3 Å². The summed E-state index contributed by atoms with van der Waals surface area (Å²) in [4.78, 5) is 166. The topological polar surface area (TPSA) is 658 Å². The first-order valence-corrected chi connectivity index (χ1v) is 45.1. The number of primary amides is 3. The van der Waals surface area contributed by atoms with Gasteiger partial charge in [-0.15, -0.1) is 0 Å². The van der Waals surface area contributed by atoms with E-state index in [1.54, 1.807) is 80.8 Å². The van der Waals surface area contributed by atoms with E-state index in [1.807, 2.05) is 18.2 Å². The first-order chi connectivity index (χ1) is 64.5. The summed E-state index contributed by atoms with van der Waals surface area (Å²) < 4.78 is 5.68. The van der Waals surface area contributed by atoms with Gasteiger partial charge in [-0.1, -0.05) is 6.07 Å². The van der Waals surface area contributed by atoms with Gasteiger partial charge in [0.2, 0.25) is 23.1 Å². The lowest BCUT2D eigenvalue weighted by molar-refractivity contribution is -0.155. The molecule has 24 N–H and O–H groups in total. The maximum absolute atomic E-state index is 13.9. The molecule has 5 aromatic rings. The molecule has 0 bridgehead atoms. The number of nitrogens with two attached hydrogens (primary N) is 3. The Hall–Kier alpha value is -13.7. The Bertz CT molecular complexity index is 6450. The summed E-state index contributed by atoms with van der Waals surface area (Å²) in [6.45, 7) is 3.35. The Balaban J connectivity index is 0.000000127. The van der Waals surface area contributed by atoms with Crippen LogP contribution in [0.2, 0.25) is 0 Å². The summed E-state index contributed by atoms with van der Waals surface area (Å²) in [6.07, 6.45) is 7.88. The van der Waals surface area contributed by atoms with Crippen LogP contribution in [0.15, 0.2) is 110 Å². The second-order valence-corrected chi connectivity index (χ2v) is 39.0. The highest BCUT2D eigenvalue weighted by atomic mass is 16.5. The van der Waals surface area contributed by atoms with Gasteiger partial charge >= 0.3 is 0 Å². The predicted octanol–water partition coefficient (Wildman–Crippen LogP) is 2.89. The number of rotatable bonds is 9. The Morgan fingerprint density at radius 3 is 1.11 bits per heavy atom. The number of likely N-dealkylation sites (N-methyl/N-ethyl adjacent to an activating group) is 4. The van der Waals surface area contributed by atoms with E-state index >= 15 is 0 Å². The molecule has 12 aliphatic carbocycles. The fourth-order valence-corrected chi connectivity index (χ4v) is 24.9. The number of anilines is 3. The van der Waals surface area contributed by atoms with Gasteiger partial charge < -0.3 is 114 Å². The van der Waals surface area contributed by atoms with Crippen LogP contribution < -0.4 is 37.9 Å². The van der Waals surface area contributed by atoms with Crippen molar-refractivity contribution in [3.63, 3.8) is 0 Å². The molecule has 0 spiro atoms. The predicted molar refractivity (Wildman–Crippen MR) is 489 cm³/mol. The molecule has 16 atom stereocenters. The summed E-state index contributed by atoms with van der Waals surface area (Å²) in [6, 6.07) is 6.45. The van der Waals surface area contributed by atoms with Crippen LogP contribution in [0.25, 0.3) is 33.9 Å². The van der Waals surface area contributed by atoms with Crippen molar-refractivity contribution in [3.05, 3.63) is 171 Å². The summed E-state index contributed by atoms with van der Waals surface area (Å²) in [5, 5.41) is 178. The first kappa shape index (κ1) is 95.1. The Labute approximate surface area is 782 Å². The summed E-state index contributed by atoms with van der Waals surface area (Å²) in [5.74, 6) is -23.7. The Kier molecular flexibility index (Phi) is 23.4. The minimum atomic E-state index is -2.64. The first-order valence-electron chi connectivity index (χ1n) is 45.1.